The van der Waals surface area contributed by atoms with Crippen LogP contribution in [0.15, 0.2) is 17.5 Å². The molecule has 0 radical (unpaired) electrons. The summed E-state index contributed by atoms with van der Waals surface area (Å²) in [5.74, 6) is -0.524. The maximum Gasteiger partial charge on any atom is 0.426 e. The fourth-order valence-electron chi connectivity index (χ4n) is 1.14. The molecule has 6 nitrogen and oxygen atoms in total. The molecule has 0 aromatic carbocycles. The van der Waals surface area contributed by atoms with Crippen molar-refractivity contribution in [3.05, 3.63) is 22.4 Å². The molecule has 0 spiro atoms. The smallest absolute Gasteiger partial charge is 0.426 e. The Morgan fingerprint density at radius 2 is 2.06 bits per heavy atom. The Balaban J connectivity index is 2.21. The molecule has 0 saturated heterocycles. The highest BCUT2D eigenvalue weighted by Gasteiger charge is 2.10. The molecule has 2 amide bonds. The minimum atomic E-state index is -0.726. The van der Waals surface area contributed by atoms with E-state index in [1.165, 1.54) is 11.3 Å². The van der Waals surface area contributed by atoms with Crippen molar-refractivity contribution in [3.63, 3.8) is 0 Å². The standard InChI is InChI=1S/C11H14N2O4S/c1-2-17-11(16)13-12-10(15)6-5-8(14)9-4-3-7-18-9/h3-4,7H,2,5-6H2,1H3,(H,12,15)(H,13,16). The van der Waals surface area contributed by atoms with E-state index in [-0.39, 0.29) is 25.2 Å². The predicted octanol–water partition coefficient (Wildman–Crippen LogP) is 1.49. The first kappa shape index (κ1) is 14.2. The van der Waals surface area contributed by atoms with Crippen LogP contribution in [0, 0.1) is 0 Å². The van der Waals surface area contributed by atoms with Crippen LogP contribution in [-0.4, -0.2) is 24.4 Å². The number of ether oxygens (including phenoxy) is 1. The Morgan fingerprint density at radius 1 is 1.28 bits per heavy atom. The summed E-state index contributed by atoms with van der Waals surface area (Å²) in [5.41, 5.74) is 4.23. The van der Waals surface area contributed by atoms with E-state index in [0.717, 1.165) is 0 Å². The Labute approximate surface area is 108 Å². The molecule has 1 aromatic rings. The van der Waals surface area contributed by atoms with Crippen molar-refractivity contribution in [3.8, 4) is 0 Å². The number of ketones is 1. The number of carbonyl (C=O) groups excluding carboxylic acids is 3. The quantitative estimate of drug-likeness (QED) is 0.627. The van der Waals surface area contributed by atoms with Crippen molar-refractivity contribution >= 4 is 29.1 Å². The van der Waals surface area contributed by atoms with Crippen LogP contribution in [0.3, 0.4) is 0 Å². The summed E-state index contributed by atoms with van der Waals surface area (Å²) in [6.45, 7) is 1.87. The number of hydrogen-bond donors (Lipinski definition) is 2. The zero-order chi connectivity index (χ0) is 13.4. The Morgan fingerprint density at radius 3 is 2.67 bits per heavy atom. The van der Waals surface area contributed by atoms with Gasteiger partial charge < -0.3 is 4.74 Å². The van der Waals surface area contributed by atoms with Crippen molar-refractivity contribution in [2.75, 3.05) is 6.61 Å². The molecule has 2 N–H and O–H groups in total. The minimum Gasteiger partial charge on any atom is -0.449 e. The van der Waals surface area contributed by atoms with Crippen LogP contribution < -0.4 is 10.9 Å². The van der Waals surface area contributed by atoms with E-state index < -0.39 is 12.0 Å². The Bertz CT molecular complexity index is 417. The summed E-state index contributed by atoms with van der Waals surface area (Å²) in [5, 5.41) is 1.80. The number of hydrazine groups is 1. The molecule has 0 aliphatic rings. The molecule has 0 bridgehead atoms. The van der Waals surface area contributed by atoms with E-state index in [1.807, 2.05) is 0 Å². The lowest BCUT2D eigenvalue weighted by Crippen LogP contribution is -2.41. The molecule has 98 valence electrons. The molecule has 1 rings (SSSR count). The van der Waals surface area contributed by atoms with Gasteiger partial charge in [-0.2, -0.15) is 0 Å². The number of carbonyl (C=O) groups is 3. The molecule has 1 aromatic heterocycles. The van der Waals surface area contributed by atoms with E-state index >= 15 is 0 Å². The van der Waals surface area contributed by atoms with Gasteiger partial charge in [-0.3, -0.25) is 15.0 Å². The highest BCUT2D eigenvalue weighted by molar-refractivity contribution is 7.12. The minimum absolute atomic E-state index is 0.0170. The van der Waals surface area contributed by atoms with Crippen molar-refractivity contribution in [1.29, 1.82) is 0 Å². The van der Waals surface area contributed by atoms with Crippen LogP contribution in [0.4, 0.5) is 4.79 Å². The third-order valence-corrected chi connectivity index (χ3v) is 2.87. The third kappa shape index (κ3) is 4.96. The third-order valence-electron chi connectivity index (χ3n) is 1.95. The SMILES string of the molecule is CCOC(=O)NNC(=O)CCC(=O)c1cccs1. The number of nitrogens with one attached hydrogen (secondary N) is 2. The van der Waals surface area contributed by atoms with E-state index in [1.54, 1.807) is 24.4 Å². The van der Waals surface area contributed by atoms with Gasteiger partial charge in [0, 0.05) is 12.8 Å². The molecule has 18 heavy (non-hydrogen) atoms. The largest absolute Gasteiger partial charge is 0.449 e. The van der Waals surface area contributed by atoms with Gasteiger partial charge in [0.15, 0.2) is 5.78 Å². The fraction of sp³-hybridized carbons (Fsp3) is 0.364. The lowest BCUT2D eigenvalue weighted by Gasteiger charge is -2.06. The van der Waals surface area contributed by atoms with Crippen molar-refractivity contribution in [1.82, 2.24) is 10.9 Å². The molecule has 0 fully saturated rings. The van der Waals surface area contributed by atoms with Gasteiger partial charge in [0.2, 0.25) is 5.91 Å². The number of thiophene rings is 1. The van der Waals surface area contributed by atoms with Crippen LogP contribution in [0.2, 0.25) is 0 Å². The highest BCUT2D eigenvalue weighted by Crippen LogP contribution is 2.11. The van der Waals surface area contributed by atoms with Gasteiger partial charge in [-0.15, -0.1) is 11.3 Å². The Hall–Kier alpha value is -1.89. The highest BCUT2D eigenvalue weighted by atomic mass is 32.1. The molecule has 1 heterocycles. The second-order valence-electron chi connectivity index (χ2n) is 3.29. The summed E-state index contributed by atoms with van der Waals surface area (Å²) < 4.78 is 4.55. The molecular formula is C11H14N2O4S. The van der Waals surface area contributed by atoms with Crippen molar-refractivity contribution in [2.24, 2.45) is 0 Å². The zero-order valence-electron chi connectivity index (χ0n) is 9.89. The monoisotopic (exact) mass is 270 g/mol. The average Bonchev–Trinajstić information content (AvgIpc) is 2.87. The first-order chi connectivity index (χ1) is 8.63. The predicted molar refractivity (Wildman–Crippen MR) is 66.2 cm³/mol. The average molecular weight is 270 g/mol. The van der Waals surface area contributed by atoms with Gasteiger partial charge in [0.1, 0.15) is 0 Å². The second-order valence-corrected chi connectivity index (χ2v) is 4.24. The lowest BCUT2D eigenvalue weighted by atomic mass is 10.2. The van der Waals surface area contributed by atoms with Crippen LogP contribution in [0.5, 0.6) is 0 Å². The van der Waals surface area contributed by atoms with Gasteiger partial charge in [0.25, 0.3) is 0 Å². The van der Waals surface area contributed by atoms with E-state index in [0.29, 0.717) is 4.88 Å². The number of rotatable bonds is 5. The van der Waals surface area contributed by atoms with Crippen LogP contribution in [0.1, 0.15) is 29.4 Å². The summed E-state index contributed by atoms with van der Waals surface area (Å²) >= 11 is 1.34. The lowest BCUT2D eigenvalue weighted by molar-refractivity contribution is -0.121. The Kier molecular flexibility index (Phi) is 5.86. The van der Waals surface area contributed by atoms with Crippen LogP contribution in [-0.2, 0) is 9.53 Å². The van der Waals surface area contributed by atoms with Gasteiger partial charge in [-0.1, -0.05) is 6.07 Å². The molecular weight excluding hydrogens is 256 g/mol. The van der Waals surface area contributed by atoms with Gasteiger partial charge in [-0.25, -0.2) is 10.2 Å². The zero-order valence-corrected chi connectivity index (χ0v) is 10.7. The summed E-state index contributed by atoms with van der Waals surface area (Å²) in [4.78, 5) is 34.3. The van der Waals surface area contributed by atoms with Crippen LogP contribution in [0.25, 0.3) is 0 Å². The van der Waals surface area contributed by atoms with E-state index in [9.17, 15) is 14.4 Å². The molecule has 0 saturated carbocycles. The molecule has 7 heteroatoms. The number of amides is 2. The topological polar surface area (TPSA) is 84.5 Å². The van der Waals surface area contributed by atoms with E-state index in [2.05, 4.69) is 15.6 Å². The summed E-state index contributed by atoms with van der Waals surface area (Å²) in [6, 6.07) is 3.49. The maximum atomic E-state index is 11.6. The van der Waals surface area contributed by atoms with Crippen LogP contribution >= 0.6 is 11.3 Å². The van der Waals surface area contributed by atoms with Crippen molar-refractivity contribution in [2.45, 2.75) is 19.8 Å². The first-order valence-corrected chi connectivity index (χ1v) is 6.29. The number of hydrogen-bond acceptors (Lipinski definition) is 5. The summed E-state index contributed by atoms with van der Waals surface area (Å²) in [6.07, 6.45) is -0.601. The first-order valence-electron chi connectivity index (χ1n) is 5.41. The van der Waals surface area contributed by atoms with E-state index in [4.69, 9.17) is 0 Å². The maximum absolute atomic E-state index is 11.6. The normalized spacial score (nSPS) is 9.61. The number of Topliss-reactive ketones (excluding diaryl/α,β-unsaturated/α-hetero) is 1. The van der Waals surface area contributed by atoms with Gasteiger partial charge in [0.05, 0.1) is 11.5 Å². The molecule has 0 aliphatic heterocycles. The van der Waals surface area contributed by atoms with Crippen molar-refractivity contribution < 1.29 is 19.1 Å². The molecule has 0 unspecified atom stereocenters. The molecule has 0 atom stereocenters. The van der Waals surface area contributed by atoms with Gasteiger partial charge >= 0.3 is 6.09 Å². The fourth-order valence-corrected chi connectivity index (χ4v) is 1.83. The summed E-state index contributed by atoms with van der Waals surface area (Å²) in [7, 11) is 0. The van der Waals surface area contributed by atoms with Gasteiger partial charge in [-0.05, 0) is 18.4 Å². The molecule has 0 aliphatic carbocycles. The second kappa shape index (κ2) is 7.44.